The van der Waals surface area contributed by atoms with Crippen molar-refractivity contribution < 1.29 is 0 Å². The van der Waals surface area contributed by atoms with Gasteiger partial charge in [-0.3, -0.25) is 0 Å². The number of hydrogen-bond donors (Lipinski definition) is 0. The molecule has 8 atom stereocenters. The Kier molecular flexibility index (Phi) is 6.06. The Balaban J connectivity index is 1.07. The smallest absolute Gasteiger partial charge is 0.00778 e. The normalized spacial score (nSPS) is 32.8. The molecule has 0 bridgehead atoms. The lowest BCUT2D eigenvalue weighted by molar-refractivity contribution is -0.0329. The zero-order chi connectivity index (χ0) is 28.8. The van der Waals surface area contributed by atoms with Crippen LogP contribution in [-0.2, 0) is 12.8 Å². The molecule has 0 radical (unpaired) electrons. The predicted molar refractivity (Wildman–Crippen MR) is 185 cm³/mol. The molecule has 0 heterocycles. The van der Waals surface area contributed by atoms with Gasteiger partial charge >= 0.3 is 0 Å². The van der Waals surface area contributed by atoms with Crippen LogP contribution in [0.25, 0.3) is 32.3 Å². The Bertz CT molecular complexity index is 1890. The zero-order valence-corrected chi connectivity index (χ0v) is 26.2. The average molecular weight is 575 g/mol. The van der Waals surface area contributed by atoms with Gasteiger partial charge in [-0.2, -0.15) is 0 Å². The number of rotatable bonds is 2. The molecule has 5 aliphatic rings. The summed E-state index contributed by atoms with van der Waals surface area (Å²) in [6, 6.07) is 33.3. The van der Waals surface area contributed by atoms with Gasteiger partial charge in [0.15, 0.2) is 0 Å². The molecule has 222 valence electrons. The Hall–Kier alpha value is -3.12. The number of fused-ring (bicyclic) bond motifs is 6. The third-order valence-corrected chi connectivity index (χ3v) is 13.9. The maximum absolute atomic E-state index is 2.64. The van der Waals surface area contributed by atoms with Crippen LogP contribution < -0.4 is 0 Å². The highest BCUT2D eigenvalue weighted by atomic mass is 14.6. The lowest BCUT2D eigenvalue weighted by Gasteiger charge is -2.55. The van der Waals surface area contributed by atoms with Gasteiger partial charge in [0.1, 0.15) is 0 Å². The maximum atomic E-state index is 2.64. The fourth-order valence-electron chi connectivity index (χ4n) is 12.2. The third kappa shape index (κ3) is 3.95. The third-order valence-electron chi connectivity index (χ3n) is 13.9. The van der Waals surface area contributed by atoms with Crippen molar-refractivity contribution in [3.05, 3.63) is 107 Å². The molecule has 3 fully saturated rings. The van der Waals surface area contributed by atoms with Crippen LogP contribution in [0.4, 0.5) is 0 Å². The minimum atomic E-state index is 0.692. The molecular formula is C44H46. The van der Waals surface area contributed by atoms with Gasteiger partial charge in [0, 0.05) is 0 Å². The summed E-state index contributed by atoms with van der Waals surface area (Å²) in [6.07, 6.45) is 17.3. The van der Waals surface area contributed by atoms with E-state index in [1.807, 2.05) is 0 Å². The van der Waals surface area contributed by atoms with Gasteiger partial charge in [0.2, 0.25) is 0 Å². The molecule has 0 heteroatoms. The van der Waals surface area contributed by atoms with Crippen molar-refractivity contribution in [3.8, 4) is 0 Å². The van der Waals surface area contributed by atoms with Gasteiger partial charge < -0.3 is 0 Å². The van der Waals surface area contributed by atoms with E-state index in [-0.39, 0.29) is 0 Å². The minimum Gasteiger partial charge on any atom is -0.0616 e. The molecule has 0 aliphatic heterocycles. The quantitative estimate of drug-likeness (QED) is 0.184. The van der Waals surface area contributed by atoms with Crippen LogP contribution in [0.2, 0.25) is 0 Å². The van der Waals surface area contributed by atoms with Crippen LogP contribution in [0, 0.1) is 35.5 Å². The first-order valence-corrected chi connectivity index (χ1v) is 18.2. The summed E-state index contributed by atoms with van der Waals surface area (Å²) in [4.78, 5) is 0. The number of benzene rings is 5. The van der Waals surface area contributed by atoms with Gasteiger partial charge in [-0.25, -0.2) is 0 Å². The molecule has 0 saturated heterocycles. The van der Waals surface area contributed by atoms with Crippen LogP contribution >= 0.6 is 0 Å². The van der Waals surface area contributed by atoms with Gasteiger partial charge in [0.05, 0.1) is 0 Å². The van der Waals surface area contributed by atoms with Crippen molar-refractivity contribution >= 4 is 32.3 Å². The Morgan fingerprint density at radius 3 is 1.95 bits per heavy atom. The van der Waals surface area contributed by atoms with Crippen LogP contribution in [0.3, 0.4) is 0 Å². The van der Waals surface area contributed by atoms with E-state index in [0.717, 1.165) is 41.4 Å². The summed E-state index contributed by atoms with van der Waals surface area (Å²) >= 11 is 0. The number of aryl methyl sites for hydroxylation is 1. The van der Waals surface area contributed by atoms with Crippen molar-refractivity contribution in [3.63, 3.8) is 0 Å². The summed E-state index contributed by atoms with van der Waals surface area (Å²) in [7, 11) is 0. The molecule has 0 aromatic heterocycles. The highest BCUT2D eigenvalue weighted by Gasteiger charge is 2.51. The summed E-state index contributed by atoms with van der Waals surface area (Å²) in [5, 5.41) is 9.00. The van der Waals surface area contributed by atoms with E-state index in [0.29, 0.717) is 5.92 Å². The summed E-state index contributed by atoms with van der Waals surface area (Å²) in [5.74, 6) is 6.95. The highest BCUT2D eigenvalue weighted by molar-refractivity contribution is 6.05. The summed E-state index contributed by atoms with van der Waals surface area (Å²) < 4.78 is 0. The minimum absolute atomic E-state index is 0.692. The Labute approximate surface area is 263 Å². The van der Waals surface area contributed by atoms with Gasteiger partial charge in [-0.15, -0.1) is 0 Å². The van der Waals surface area contributed by atoms with E-state index in [1.54, 1.807) is 33.0 Å². The molecule has 0 nitrogen and oxygen atoms in total. The lowest BCUT2D eigenvalue weighted by Crippen LogP contribution is -2.46. The Morgan fingerprint density at radius 2 is 1.16 bits per heavy atom. The standard InChI is InChI=1S/C44H46/c1-2-10-28-23-39-32(21-27(28)9-1)14-8-18-36(39)37-19-20-38(41-25-30-12-4-3-11-29(30)24-40(37)41)42-26-34-16-7-15-33-22-31-13-5-6-17-35(31)44(42)43(33)34/h1-2,5-7,9-10,13,15-17,21-23,29-30,36-38,40-42H,3-4,8,11-12,14,18-20,24-26H2. The molecule has 0 spiro atoms. The van der Waals surface area contributed by atoms with E-state index in [4.69, 9.17) is 0 Å². The molecule has 8 unspecified atom stereocenters. The molecule has 5 aromatic rings. The van der Waals surface area contributed by atoms with Crippen LogP contribution in [0.5, 0.6) is 0 Å². The molecule has 10 rings (SSSR count). The van der Waals surface area contributed by atoms with Crippen molar-refractivity contribution in [2.45, 2.75) is 88.9 Å². The van der Waals surface area contributed by atoms with Gasteiger partial charge in [-0.05, 0) is 159 Å². The summed E-state index contributed by atoms with van der Waals surface area (Å²) in [6.45, 7) is 0. The molecule has 44 heavy (non-hydrogen) atoms. The zero-order valence-electron chi connectivity index (χ0n) is 26.2. The number of hydrogen-bond acceptors (Lipinski definition) is 0. The fourth-order valence-corrected chi connectivity index (χ4v) is 12.2. The first-order valence-electron chi connectivity index (χ1n) is 18.2. The monoisotopic (exact) mass is 574 g/mol. The van der Waals surface area contributed by atoms with E-state index in [2.05, 4.69) is 84.9 Å². The van der Waals surface area contributed by atoms with E-state index in [9.17, 15) is 0 Å². The summed E-state index contributed by atoms with van der Waals surface area (Å²) in [5.41, 5.74) is 6.78. The average Bonchev–Trinajstić information content (AvgIpc) is 3.47. The topological polar surface area (TPSA) is 0 Å². The van der Waals surface area contributed by atoms with Crippen molar-refractivity contribution in [2.75, 3.05) is 0 Å². The van der Waals surface area contributed by atoms with E-state index < -0.39 is 0 Å². The second-order valence-corrected chi connectivity index (χ2v) is 15.7. The van der Waals surface area contributed by atoms with Crippen molar-refractivity contribution in [1.82, 2.24) is 0 Å². The van der Waals surface area contributed by atoms with Crippen molar-refractivity contribution in [2.24, 2.45) is 35.5 Å². The van der Waals surface area contributed by atoms with Crippen LogP contribution in [0.1, 0.15) is 98.3 Å². The van der Waals surface area contributed by atoms with Gasteiger partial charge in [0.25, 0.3) is 0 Å². The van der Waals surface area contributed by atoms with Crippen molar-refractivity contribution in [1.29, 1.82) is 0 Å². The van der Waals surface area contributed by atoms with E-state index in [1.165, 1.54) is 98.6 Å². The highest BCUT2D eigenvalue weighted by Crippen LogP contribution is 2.61. The molecule has 5 aliphatic carbocycles. The largest absolute Gasteiger partial charge is 0.0616 e. The second-order valence-electron chi connectivity index (χ2n) is 15.7. The van der Waals surface area contributed by atoms with Crippen LogP contribution in [-0.4, -0.2) is 0 Å². The molecule has 0 amide bonds. The lowest BCUT2D eigenvalue weighted by atomic mass is 9.50. The molecule has 0 N–H and O–H groups in total. The fraction of sp³-hybridized carbons (Fsp3) is 0.455. The maximum Gasteiger partial charge on any atom is -0.00778 e. The first kappa shape index (κ1) is 26.1. The SMILES string of the molecule is c1ccc2cc3c(cc2c1)CCCC3C1CCC(C2Cc3cccc4cc5ccccc5c2c34)C2CC3CCCCC3CC12. The molecule has 3 saturated carbocycles. The molecular weight excluding hydrogens is 528 g/mol. The van der Waals surface area contributed by atoms with Crippen LogP contribution in [0.15, 0.2) is 84.9 Å². The predicted octanol–water partition coefficient (Wildman–Crippen LogP) is 11.8. The van der Waals surface area contributed by atoms with E-state index >= 15 is 0 Å². The Morgan fingerprint density at radius 1 is 0.477 bits per heavy atom. The first-order chi connectivity index (χ1) is 21.8. The second kappa shape index (κ2) is 10.2. The molecule has 5 aromatic carbocycles. The van der Waals surface area contributed by atoms with Gasteiger partial charge in [-0.1, -0.05) is 105 Å².